The molecule has 0 saturated heterocycles. The first-order valence-electron chi connectivity index (χ1n) is 7.52. The van der Waals surface area contributed by atoms with Crippen LogP contribution in [0.25, 0.3) is 0 Å². The number of amides is 1. The van der Waals surface area contributed by atoms with Gasteiger partial charge in [-0.1, -0.05) is 53.2 Å². The van der Waals surface area contributed by atoms with Gasteiger partial charge < -0.3 is 15.4 Å². The first-order valence-corrected chi connectivity index (χ1v) is 7.52. The summed E-state index contributed by atoms with van der Waals surface area (Å²) in [5.74, 6) is -0.385. The molecule has 23 heavy (non-hydrogen) atoms. The number of benzene rings is 2. The van der Waals surface area contributed by atoms with Gasteiger partial charge in [-0.2, -0.15) is 0 Å². The van der Waals surface area contributed by atoms with E-state index >= 15 is 0 Å². The highest BCUT2D eigenvalue weighted by atomic mass is 16.4. The van der Waals surface area contributed by atoms with E-state index in [0.29, 0.717) is 12.2 Å². The molecule has 2 rings (SSSR count). The average Bonchev–Trinajstić information content (AvgIpc) is 2.55. The number of rotatable bonds is 6. The monoisotopic (exact) mass is 312 g/mol. The Bertz CT molecular complexity index is 666. The predicted molar refractivity (Wildman–Crippen MR) is 90.9 cm³/mol. The molecule has 0 aliphatic carbocycles. The average molecular weight is 312 g/mol. The summed E-state index contributed by atoms with van der Waals surface area (Å²) in [5.41, 5.74) is 3.08. The van der Waals surface area contributed by atoms with E-state index in [2.05, 4.69) is 10.5 Å². The molecule has 5 nitrogen and oxygen atoms in total. The molecule has 0 spiro atoms. The minimum absolute atomic E-state index is 0.110. The Balaban J connectivity index is 1.93. The van der Waals surface area contributed by atoms with Crippen molar-refractivity contribution in [2.75, 3.05) is 18.9 Å². The summed E-state index contributed by atoms with van der Waals surface area (Å²) in [6.45, 7) is 3.06. The maximum absolute atomic E-state index is 12.2. The number of oxime groups is 1. The predicted octanol–water partition coefficient (Wildman–Crippen LogP) is 1.48. The Hall–Kier alpha value is -2.66. The van der Waals surface area contributed by atoms with Crippen molar-refractivity contribution in [1.82, 2.24) is 0 Å². The van der Waals surface area contributed by atoms with Crippen LogP contribution in [0.15, 0.2) is 59.8 Å². The van der Waals surface area contributed by atoms with Gasteiger partial charge in [0.25, 0.3) is 5.91 Å². The van der Waals surface area contributed by atoms with Gasteiger partial charge in [-0.05, 0) is 19.1 Å². The smallest absolute Gasteiger partial charge is 0.279 e. The summed E-state index contributed by atoms with van der Waals surface area (Å²) < 4.78 is 0. The third kappa shape index (κ3) is 5.23. The van der Waals surface area contributed by atoms with Crippen LogP contribution in [-0.2, 0) is 11.3 Å². The number of hydrogen-bond acceptors (Lipinski definition) is 3. The van der Waals surface area contributed by atoms with Gasteiger partial charge in [0.15, 0.2) is 5.71 Å². The molecule has 0 radical (unpaired) electrons. The molecule has 0 aromatic heterocycles. The van der Waals surface area contributed by atoms with Crippen molar-refractivity contribution in [3.8, 4) is 0 Å². The molecular formula is C18H22N3O2+. The van der Waals surface area contributed by atoms with E-state index in [4.69, 9.17) is 5.21 Å². The lowest BCUT2D eigenvalue weighted by atomic mass is 10.2. The summed E-state index contributed by atoms with van der Waals surface area (Å²) in [6, 6.07) is 17.5. The Kier molecular flexibility index (Phi) is 5.88. The first-order chi connectivity index (χ1) is 11.1. The van der Waals surface area contributed by atoms with Crippen LogP contribution in [0.3, 0.4) is 0 Å². The van der Waals surface area contributed by atoms with Crippen LogP contribution in [0.1, 0.15) is 11.1 Å². The SMILES string of the molecule is Cc1ccc(NC(=O)/C(C[NH+](C)Cc2ccccc2)=N\O)cc1. The molecule has 1 atom stereocenters. The second-order valence-corrected chi connectivity index (χ2v) is 5.66. The van der Waals surface area contributed by atoms with Gasteiger partial charge in [0, 0.05) is 11.3 Å². The van der Waals surface area contributed by atoms with Crippen molar-refractivity contribution in [2.24, 2.45) is 5.16 Å². The van der Waals surface area contributed by atoms with Gasteiger partial charge >= 0.3 is 0 Å². The van der Waals surface area contributed by atoms with Crippen molar-refractivity contribution in [3.05, 3.63) is 65.7 Å². The van der Waals surface area contributed by atoms with Gasteiger partial charge in [0.1, 0.15) is 13.1 Å². The van der Waals surface area contributed by atoms with Crippen LogP contribution < -0.4 is 10.2 Å². The van der Waals surface area contributed by atoms with Crippen molar-refractivity contribution >= 4 is 17.3 Å². The molecule has 1 unspecified atom stereocenters. The zero-order valence-corrected chi connectivity index (χ0v) is 13.4. The van der Waals surface area contributed by atoms with E-state index in [-0.39, 0.29) is 11.6 Å². The van der Waals surface area contributed by atoms with Crippen LogP contribution in [0.4, 0.5) is 5.69 Å². The lowest BCUT2D eigenvalue weighted by Crippen LogP contribution is -3.08. The van der Waals surface area contributed by atoms with E-state index in [1.165, 1.54) is 5.56 Å². The number of hydrogen-bond donors (Lipinski definition) is 3. The van der Waals surface area contributed by atoms with E-state index in [9.17, 15) is 4.79 Å². The third-order valence-electron chi connectivity index (χ3n) is 3.51. The van der Waals surface area contributed by atoms with E-state index < -0.39 is 0 Å². The Morgan fingerprint density at radius 2 is 1.78 bits per heavy atom. The van der Waals surface area contributed by atoms with Crippen LogP contribution >= 0.6 is 0 Å². The van der Waals surface area contributed by atoms with Crippen molar-refractivity contribution in [1.29, 1.82) is 0 Å². The second-order valence-electron chi connectivity index (χ2n) is 5.66. The Morgan fingerprint density at radius 1 is 1.13 bits per heavy atom. The molecule has 2 aromatic rings. The number of quaternary nitrogens is 1. The molecule has 0 bridgehead atoms. The minimum atomic E-state index is -0.385. The maximum atomic E-state index is 12.2. The molecule has 0 aliphatic rings. The van der Waals surface area contributed by atoms with E-state index in [1.54, 1.807) is 0 Å². The van der Waals surface area contributed by atoms with E-state index in [0.717, 1.165) is 17.0 Å². The standard InChI is InChI=1S/C18H21N3O2/c1-14-8-10-16(11-9-14)19-18(22)17(20-23)13-21(2)12-15-6-4-3-5-7-15/h3-11,23H,12-13H2,1-2H3,(H,19,22)/p+1/b20-17-. The van der Waals surface area contributed by atoms with Gasteiger partial charge in [-0.25, -0.2) is 0 Å². The number of aryl methyl sites for hydroxylation is 1. The molecular weight excluding hydrogens is 290 g/mol. The van der Waals surface area contributed by atoms with Crippen LogP contribution in [0, 0.1) is 6.92 Å². The van der Waals surface area contributed by atoms with Gasteiger partial charge in [0.2, 0.25) is 0 Å². The zero-order chi connectivity index (χ0) is 16.7. The first kappa shape index (κ1) is 16.7. The normalized spacial score (nSPS) is 12.7. The summed E-state index contributed by atoms with van der Waals surface area (Å²) >= 11 is 0. The van der Waals surface area contributed by atoms with Crippen molar-refractivity contribution in [2.45, 2.75) is 13.5 Å². The zero-order valence-electron chi connectivity index (χ0n) is 13.4. The van der Waals surface area contributed by atoms with Crippen LogP contribution in [0.2, 0.25) is 0 Å². The molecule has 2 aromatic carbocycles. The Morgan fingerprint density at radius 3 is 2.39 bits per heavy atom. The fraction of sp³-hybridized carbons (Fsp3) is 0.222. The molecule has 0 fully saturated rings. The fourth-order valence-corrected chi connectivity index (χ4v) is 2.29. The molecule has 120 valence electrons. The summed E-state index contributed by atoms with van der Waals surface area (Å²) in [6.07, 6.45) is 0. The maximum Gasteiger partial charge on any atom is 0.279 e. The number of nitrogens with zero attached hydrogens (tertiary/aromatic N) is 1. The van der Waals surface area contributed by atoms with Crippen LogP contribution in [0.5, 0.6) is 0 Å². The number of carbonyl (C=O) groups is 1. The second kappa shape index (κ2) is 8.10. The largest absolute Gasteiger partial charge is 0.410 e. The van der Waals surface area contributed by atoms with Gasteiger partial charge in [-0.15, -0.1) is 0 Å². The summed E-state index contributed by atoms with van der Waals surface area (Å²) in [7, 11) is 1.96. The lowest BCUT2D eigenvalue weighted by Gasteiger charge is -2.14. The van der Waals surface area contributed by atoms with Crippen LogP contribution in [-0.4, -0.2) is 30.4 Å². The molecule has 1 amide bonds. The minimum Gasteiger partial charge on any atom is -0.410 e. The lowest BCUT2D eigenvalue weighted by molar-refractivity contribution is -0.884. The highest BCUT2D eigenvalue weighted by Gasteiger charge is 2.18. The molecule has 5 heteroatoms. The fourth-order valence-electron chi connectivity index (χ4n) is 2.29. The summed E-state index contributed by atoms with van der Waals surface area (Å²) in [5, 5.41) is 15.1. The Labute approximate surface area is 136 Å². The molecule has 3 N–H and O–H groups in total. The number of anilines is 1. The highest BCUT2D eigenvalue weighted by molar-refractivity contribution is 6.43. The highest BCUT2D eigenvalue weighted by Crippen LogP contribution is 2.08. The molecule has 0 heterocycles. The van der Waals surface area contributed by atoms with E-state index in [1.807, 2.05) is 68.6 Å². The van der Waals surface area contributed by atoms with Gasteiger partial charge in [-0.3, -0.25) is 4.79 Å². The molecule has 0 saturated carbocycles. The van der Waals surface area contributed by atoms with Crippen molar-refractivity contribution < 1.29 is 14.9 Å². The quantitative estimate of drug-likeness (QED) is 0.430. The topological polar surface area (TPSA) is 66.1 Å². The van der Waals surface area contributed by atoms with Gasteiger partial charge in [0.05, 0.1) is 7.05 Å². The number of carbonyl (C=O) groups excluding carboxylic acids is 1. The summed E-state index contributed by atoms with van der Waals surface area (Å²) in [4.78, 5) is 13.3. The third-order valence-corrected chi connectivity index (χ3v) is 3.51. The van der Waals surface area contributed by atoms with Crippen molar-refractivity contribution in [3.63, 3.8) is 0 Å². The molecule has 0 aliphatic heterocycles. The number of nitrogens with one attached hydrogen (secondary N) is 2.